The third-order valence-corrected chi connectivity index (χ3v) is 1.53. The molecule has 74 valence electrons. The molecule has 0 spiro atoms. The van der Waals surface area contributed by atoms with E-state index in [1.54, 1.807) is 19.6 Å². The average molecular weight is 210 g/mol. The summed E-state index contributed by atoms with van der Waals surface area (Å²) in [5.41, 5.74) is 0. The standard InChI is InChI=1S/C6H9F3N2OSi/c1-13(2,3)12-5(4-10)11-6(7,8)9/h1-3H3. The number of aliphatic imine (C=N–C) groups is 1. The largest absolute Gasteiger partial charge is 0.524 e. The second-order valence-electron chi connectivity index (χ2n) is 3.21. The number of halogens is 3. The van der Waals surface area contributed by atoms with Crippen molar-refractivity contribution in [1.82, 2.24) is 0 Å². The maximum absolute atomic E-state index is 11.7. The normalized spacial score (nSPS) is 13.8. The van der Waals surface area contributed by atoms with Gasteiger partial charge in [0.05, 0.1) is 0 Å². The lowest BCUT2D eigenvalue weighted by molar-refractivity contribution is -0.120. The van der Waals surface area contributed by atoms with Crippen molar-refractivity contribution in [3.63, 3.8) is 0 Å². The first-order valence-electron chi connectivity index (χ1n) is 3.40. The highest BCUT2D eigenvalue weighted by atomic mass is 28.4. The molecule has 0 radical (unpaired) electrons. The van der Waals surface area contributed by atoms with Gasteiger partial charge in [0.15, 0.2) is 6.07 Å². The number of hydrogen-bond donors (Lipinski definition) is 0. The monoisotopic (exact) mass is 210 g/mol. The Labute approximate surface area is 75.0 Å². The Kier molecular flexibility index (Phi) is 3.48. The summed E-state index contributed by atoms with van der Waals surface area (Å²) in [6, 6.07) is 1.26. The van der Waals surface area contributed by atoms with Gasteiger partial charge in [-0.2, -0.15) is 5.26 Å². The van der Waals surface area contributed by atoms with Crippen molar-refractivity contribution in [2.45, 2.75) is 25.9 Å². The van der Waals surface area contributed by atoms with Gasteiger partial charge in [-0.3, -0.25) is 0 Å². The zero-order valence-corrected chi connectivity index (χ0v) is 8.44. The van der Waals surface area contributed by atoms with Crippen LogP contribution < -0.4 is 0 Å². The molecule has 0 amide bonds. The van der Waals surface area contributed by atoms with Gasteiger partial charge in [-0.25, -0.2) is 0 Å². The van der Waals surface area contributed by atoms with Gasteiger partial charge in [0, 0.05) is 0 Å². The fourth-order valence-electron chi connectivity index (χ4n) is 0.476. The van der Waals surface area contributed by atoms with E-state index in [-0.39, 0.29) is 0 Å². The first kappa shape index (κ1) is 12.0. The number of nitriles is 1. The molecule has 0 heterocycles. The number of nitrogens with zero attached hydrogens (tertiary/aromatic N) is 2. The molecule has 0 aromatic heterocycles. The molecule has 0 fully saturated rings. The number of rotatable bonds is 1. The Morgan fingerprint density at radius 3 is 2.08 bits per heavy atom. The molecule has 0 unspecified atom stereocenters. The van der Waals surface area contributed by atoms with Gasteiger partial charge < -0.3 is 4.43 Å². The van der Waals surface area contributed by atoms with E-state index in [0.29, 0.717) is 0 Å². The average Bonchev–Trinajstić information content (AvgIpc) is 1.79. The molecule has 3 nitrogen and oxygen atoms in total. The van der Waals surface area contributed by atoms with Gasteiger partial charge in [0.2, 0.25) is 8.32 Å². The summed E-state index contributed by atoms with van der Waals surface area (Å²) in [4.78, 5) is 2.18. The molecule has 0 rings (SSSR count). The van der Waals surface area contributed by atoms with Crippen molar-refractivity contribution in [3.05, 3.63) is 0 Å². The number of alkyl halides is 3. The summed E-state index contributed by atoms with van der Waals surface area (Å²) in [7, 11) is -2.19. The maximum Gasteiger partial charge on any atom is 0.506 e. The summed E-state index contributed by atoms with van der Waals surface area (Å²) in [6.45, 7) is 4.99. The minimum absolute atomic E-state index is 0.910. The van der Waals surface area contributed by atoms with Crippen molar-refractivity contribution in [1.29, 1.82) is 5.26 Å². The highest BCUT2D eigenvalue weighted by Gasteiger charge is 2.29. The highest BCUT2D eigenvalue weighted by molar-refractivity contribution is 6.71. The third-order valence-electron chi connectivity index (χ3n) is 0.727. The van der Waals surface area contributed by atoms with Crippen LogP contribution in [0.15, 0.2) is 4.99 Å². The second-order valence-corrected chi connectivity index (χ2v) is 7.64. The van der Waals surface area contributed by atoms with Gasteiger partial charge in [-0.1, -0.05) is 0 Å². The van der Waals surface area contributed by atoms with E-state index in [1.807, 2.05) is 0 Å². The summed E-state index contributed by atoms with van der Waals surface area (Å²) in [5, 5.41) is 8.27. The summed E-state index contributed by atoms with van der Waals surface area (Å²) in [6.07, 6.45) is -4.75. The predicted molar refractivity (Wildman–Crippen MR) is 43.5 cm³/mol. The predicted octanol–water partition coefficient (Wildman–Crippen LogP) is 2.28. The van der Waals surface area contributed by atoms with Crippen LogP contribution in [0.1, 0.15) is 0 Å². The van der Waals surface area contributed by atoms with E-state index in [1.165, 1.54) is 6.07 Å². The van der Waals surface area contributed by atoms with Crippen LogP contribution in [-0.4, -0.2) is 20.5 Å². The van der Waals surface area contributed by atoms with Crippen LogP contribution >= 0.6 is 0 Å². The molecule has 7 heteroatoms. The topological polar surface area (TPSA) is 45.4 Å². The van der Waals surface area contributed by atoms with Crippen molar-refractivity contribution >= 4 is 14.2 Å². The minimum Gasteiger partial charge on any atom is -0.524 e. The Morgan fingerprint density at radius 2 is 1.85 bits per heavy atom. The smallest absolute Gasteiger partial charge is 0.506 e. The summed E-state index contributed by atoms with van der Waals surface area (Å²) in [5.74, 6) is -0.910. The van der Waals surface area contributed by atoms with E-state index >= 15 is 0 Å². The molecule has 0 N–H and O–H groups in total. The summed E-state index contributed by atoms with van der Waals surface area (Å²) >= 11 is 0. The van der Waals surface area contributed by atoms with Gasteiger partial charge in [0.25, 0.3) is 5.90 Å². The van der Waals surface area contributed by atoms with E-state index < -0.39 is 20.5 Å². The Balaban J connectivity index is 4.57. The molecule has 0 saturated carbocycles. The first-order valence-corrected chi connectivity index (χ1v) is 6.80. The Hall–Kier alpha value is -1.03. The van der Waals surface area contributed by atoms with Gasteiger partial charge in [0.1, 0.15) is 0 Å². The Bertz CT molecular complexity index is 248. The zero-order valence-electron chi connectivity index (χ0n) is 7.44. The van der Waals surface area contributed by atoms with Crippen LogP contribution in [0.3, 0.4) is 0 Å². The Morgan fingerprint density at radius 1 is 1.38 bits per heavy atom. The molecule has 0 aliphatic heterocycles. The van der Waals surface area contributed by atoms with E-state index in [9.17, 15) is 13.2 Å². The molecule has 0 aromatic carbocycles. The van der Waals surface area contributed by atoms with Gasteiger partial charge >= 0.3 is 6.30 Å². The lowest BCUT2D eigenvalue weighted by Gasteiger charge is -2.16. The van der Waals surface area contributed by atoms with E-state index in [0.717, 1.165) is 0 Å². The van der Waals surface area contributed by atoms with Gasteiger partial charge in [-0.15, -0.1) is 18.2 Å². The maximum atomic E-state index is 11.7. The third kappa shape index (κ3) is 7.33. The van der Waals surface area contributed by atoms with Crippen LogP contribution in [0.4, 0.5) is 13.2 Å². The molecule has 0 aromatic rings. The SMILES string of the molecule is C[Si](C)(C)OC(C#N)=NC(F)(F)F. The lowest BCUT2D eigenvalue weighted by Crippen LogP contribution is -2.29. The molecule has 0 saturated heterocycles. The second kappa shape index (κ2) is 3.78. The quantitative estimate of drug-likeness (QED) is 0.288. The molecule has 0 aliphatic carbocycles. The van der Waals surface area contributed by atoms with E-state index in [4.69, 9.17) is 9.69 Å². The molecular formula is C6H9F3N2OSi. The van der Waals surface area contributed by atoms with Crippen LogP contribution in [0.25, 0.3) is 0 Å². The van der Waals surface area contributed by atoms with Crippen molar-refractivity contribution in [2.24, 2.45) is 4.99 Å². The van der Waals surface area contributed by atoms with E-state index in [2.05, 4.69) is 4.99 Å². The van der Waals surface area contributed by atoms with Crippen LogP contribution in [-0.2, 0) is 4.43 Å². The molecular weight excluding hydrogens is 201 g/mol. The number of hydrogen-bond acceptors (Lipinski definition) is 3. The minimum atomic E-state index is -4.75. The fraction of sp³-hybridized carbons (Fsp3) is 0.667. The van der Waals surface area contributed by atoms with Crippen LogP contribution in [0.5, 0.6) is 0 Å². The molecule has 13 heavy (non-hydrogen) atoms. The molecule has 0 aliphatic rings. The van der Waals surface area contributed by atoms with Crippen LogP contribution in [0.2, 0.25) is 19.6 Å². The van der Waals surface area contributed by atoms with Crippen molar-refractivity contribution in [2.75, 3.05) is 0 Å². The lowest BCUT2D eigenvalue weighted by atomic mass is 10.7. The van der Waals surface area contributed by atoms with Crippen molar-refractivity contribution in [3.8, 4) is 6.07 Å². The molecule has 0 bridgehead atoms. The summed E-state index contributed by atoms with van der Waals surface area (Å²) < 4.78 is 39.8. The van der Waals surface area contributed by atoms with Gasteiger partial charge in [-0.05, 0) is 19.6 Å². The fourth-order valence-corrected chi connectivity index (χ4v) is 1.15. The zero-order chi connectivity index (χ0) is 10.7. The van der Waals surface area contributed by atoms with Crippen LogP contribution in [0, 0.1) is 11.3 Å². The highest BCUT2D eigenvalue weighted by Crippen LogP contribution is 2.17. The molecule has 0 atom stereocenters. The first-order chi connectivity index (χ1) is 5.64. The van der Waals surface area contributed by atoms with Crippen molar-refractivity contribution < 1.29 is 17.6 Å².